The summed E-state index contributed by atoms with van der Waals surface area (Å²) < 4.78 is 8.53. The number of hydrogen-bond acceptors (Lipinski definition) is 7. The van der Waals surface area contributed by atoms with Crippen LogP contribution in [0.4, 0.5) is 5.00 Å². The molecule has 0 radical (unpaired) electrons. The van der Waals surface area contributed by atoms with Gasteiger partial charge in [0.15, 0.2) is 5.00 Å². The van der Waals surface area contributed by atoms with Crippen LogP contribution in [0.25, 0.3) is 0 Å². The van der Waals surface area contributed by atoms with E-state index in [9.17, 15) is 9.59 Å². The monoisotopic (exact) mass is 371 g/mol. The van der Waals surface area contributed by atoms with E-state index in [1.165, 1.54) is 11.8 Å². The molecule has 1 heterocycles. The summed E-state index contributed by atoms with van der Waals surface area (Å²) in [5.74, 6) is 0.130. The summed E-state index contributed by atoms with van der Waals surface area (Å²) in [7, 11) is 0. The van der Waals surface area contributed by atoms with Crippen molar-refractivity contribution in [3.8, 4) is 0 Å². The maximum absolute atomic E-state index is 11.9. The van der Waals surface area contributed by atoms with Gasteiger partial charge in [-0.15, -0.1) is 16.9 Å². The Labute approximate surface area is 146 Å². The van der Waals surface area contributed by atoms with Crippen molar-refractivity contribution in [2.75, 3.05) is 17.7 Å². The number of aromatic nitrogens is 2. The van der Waals surface area contributed by atoms with Crippen LogP contribution in [-0.2, 0) is 15.3 Å². The number of anilines is 1. The molecule has 2 aromatic rings. The number of benzene rings is 1. The third-order valence-corrected chi connectivity index (χ3v) is 4.52. The molecule has 0 saturated carbocycles. The molecule has 0 fully saturated rings. The molecule has 23 heavy (non-hydrogen) atoms. The zero-order chi connectivity index (χ0) is 16.7. The second kappa shape index (κ2) is 8.85. The molecule has 122 valence electrons. The van der Waals surface area contributed by atoms with Crippen LogP contribution in [0.2, 0.25) is 5.02 Å². The Morgan fingerprint density at radius 3 is 2.78 bits per heavy atom. The van der Waals surface area contributed by atoms with Crippen molar-refractivity contribution in [2.45, 2.75) is 12.7 Å². The lowest BCUT2D eigenvalue weighted by Gasteiger charge is -2.04. The minimum absolute atomic E-state index is 0.0351. The molecule has 1 aromatic carbocycles. The van der Waals surface area contributed by atoms with E-state index in [0.29, 0.717) is 15.8 Å². The zero-order valence-electron chi connectivity index (χ0n) is 12.2. The molecule has 9 heteroatoms. The second-order valence-electron chi connectivity index (χ2n) is 4.34. The first-order valence-electron chi connectivity index (χ1n) is 6.71. The molecule has 1 amide bonds. The summed E-state index contributed by atoms with van der Waals surface area (Å²) >= 11 is 8.22. The van der Waals surface area contributed by atoms with Gasteiger partial charge in [0.05, 0.1) is 12.4 Å². The highest BCUT2D eigenvalue weighted by atomic mass is 35.5. The van der Waals surface area contributed by atoms with Gasteiger partial charge in [-0.3, -0.25) is 4.79 Å². The number of halogens is 1. The minimum Gasteiger partial charge on any atom is -0.461 e. The van der Waals surface area contributed by atoms with Crippen molar-refractivity contribution in [1.82, 2.24) is 9.59 Å². The number of esters is 1. The number of amides is 1. The Morgan fingerprint density at radius 2 is 2.09 bits per heavy atom. The highest BCUT2D eigenvalue weighted by Gasteiger charge is 2.19. The van der Waals surface area contributed by atoms with Crippen molar-refractivity contribution < 1.29 is 14.3 Å². The maximum atomic E-state index is 11.9. The third kappa shape index (κ3) is 5.49. The second-order valence-corrected chi connectivity index (χ2v) is 6.51. The highest BCUT2D eigenvalue weighted by Crippen LogP contribution is 2.20. The van der Waals surface area contributed by atoms with Gasteiger partial charge in [-0.1, -0.05) is 28.2 Å². The lowest BCUT2D eigenvalue weighted by molar-refractivity contribution is -0.113. The van der Waals surface area contributed by atoms with E-state index in [1.54, 1.807) is 6.92 Å². The van der Waals surface area contributed by atoms with E-state index >= 15 is 0 Å². The van der Waals surface area contributed by atoms with Crippen LogP contribution < -0.4 is 5.32 Å². The fourth-order valence-corrected chi connectivity index (χ4v) is 3.10. The molecule has 1 N–H and O–H groups in total. The normalized spacial score (nSPS) is 10.3. The number of ether oxygens (including phenoxy) is 1. The first-order chi connectivity index (χ1) is 11.1. The van der Waals surface area contributed by atoms with Gasteiger partial charge in [0.25, 0.3) is 0 Å². The first kappa shape index (κ1) is 17.7. The Kier molecular flexibility index (Phi) is 6.82. The highest BCUT2D eigenvalue weighted by molar-refractivity contribution is 7.99. The smallest absolute Gasteiger partial charge is 0.362 e. The molecule has 2 rings (SSSR count). The van der Waals surface area contributed by atoms with Gasteiger partial charge < -0.3 is 10.1 Å². The summed E-state index contributed by atoms with van der Waals surface area (Å²) in [4.78, 5) is 23.6. The van der Waals surface area contributed by atoms with Gasteiger partial charge in [-0.05, 0) is 24.6 Å². The lowest BCUT2D eigenvalue weighted by atomic mass is 10.2. The van der Waals surface area contributed by atoms with Crippen LogP contribution in [0.3, 0.4) is 0 Å². The molecule has 0 bridgehead atoms. The Morgan fingerprint density at radius 1 is 1.35 bits per heavy atom. The van der Waals surface area contributed by atoms with E-state index < -0.39 is 5.97 Å². The number of nitrogens with zero attached hydrogens (tertiary/aromatic N) is 2. The van der Waals surface area contributed by atoms with Crippen molar-refractivity contribution in [2.24, 2.45) is 0 Å². The predicted octanol–water partition coefficient (Wildman–Crippen LogP) is 3.24. The van der Waals surface area contributed by atoms with Gasteiger partial charge >= 0.3 is 5.97 Å². The van der Waals surface area contributed by atoms with Crippen LogP contribution in [0.15, 0.2) is 24.3 Å². The average molecular weight is 372 g/mol. The number of nitrogens with one attached hydrogen (secondary N) is 1. The molecule has 0 saturated heterocycles. The summed E-state index contributed by atoms with van der Waals surface area (Å²) in [6, 6.07) is 7.46. The molecule has 0 atom stereocenters. The van der Waals surface area contributed by atoms with E-state index in [-0.39, 0.29) is 24.0 Å². The molecule has 0 spiro atoms. The molecule has 0 unspecified atom stereocenters. The standard InChI is InChI=1S/C14H14ClN3O3S2/c1-2-21-14(20)12-13(23-18-17-12)16-11(19)8-22-7-9-3-5-10(15)6-4-9/h3-6H,2,7-8H2,1H3,(H,16,19). The van der Waals surface area contributed by atoms with Crippen molar-refractivity contribution in [3.63, 3.8) is 0 Å². The molecule has 6 nitrogen and oxygen atoms in total. The summed E-state index contributed by atoms with van der Waals surface area (Å²) in [5, 5.41) is 7.31. The van der Waals surface area contributed by atoms with Gasteiger partial charge in [0.1, 0.15) is 0 Å². The van der Waals surface area contributed by atoms with Gasteiger partial charge in [-0.2, -0.15) is 0 Å². The summed E-state index contributed by atoms with van der Waals surface area (Å²) in [5.41, 5.74) is 1.12. The number of carbonyl (C=O) groups is 2. The fourth-order valence-electron chi connectivity index (χ4n) is 1.61. The van der Waals surface area contributed by atoms with Crippen LogP contribution in [0, 0.1) is 0 Å². The van der Waals surface area contributed by atoms with Crippen molar-refractivity contribution in [3.05, 3.63) is 40.5 Å². The number of thioether (sulfide) groups is 1. The first-order valence-corrected chi connectivity index (χ1v) is 9.02. The van der Waals surface area contributed by atoms with Crippen LogP contribution in [-0.4, -0.2) is 33.8 Å². The molecule has 0 aliphatic carbocycles. The molecule has 0 aliphatic heterocycles. The number of carbonyl (C=O) groups excluding carboxylic acids is 2. The van der Waals surface area contributed by atoms with E-state index in [2.05, 4.69) is 14.9 Å². The number of rotatable bonds is 7. The van der Waals surface area contributed by atoms with Crippen molar-refractivity contribution >= 4 is 51.8 Å². The van der Waals surface area contributed by atoms with Gasteiger partial charge in [0.2, 0.25) is 11.6 Å². The Hall–Kier alpha value is -1.64. The van der Waals surface area contributed by atoms with Crippen molar-refractivity contribution in [1.29, 1.82) is 0 Å². The summed E-state index contributed by atoms with van der Waals surface area (Å²) in [6.07, 6.45) is 0. The predicted molar refractivity (Wildman–Crippen MR) is 92.1 cm³/mol. The Balaban J connectivity index is 1.82. The van der Waals surface area contributed by atoms with E-state index in [4.69, 9.17) is 16.3 Å². The van der Waals surface area contributed by atoms with E-state index in [0.717, 1.165) is 17.1 Å². The van der Waals surface area contributed by atoms with E-state index in [1.807, 2.05) is 24.3 Å². The van der Waals surface area contributed by atoms with Crippen LogP contribution in [0.5, 0.6) is 0 Å². The quantitative estimate of drug-likeness (QED) is 0.752. The third-order valence-electron chi connectivity index (χ3n) is 2.62. The molecular weight excluding hydrogens is 358 g/mol. The lowest BCUT2D eigenvalue weighted by Crippen LogP contribution is -2.16. The SMILES string of the molecule is CCOC(=O)c1nnsc1NC(=O)CSCc1ccc(Cl)cc1. The minimum atomic E-state index is -0.592. The zero-order valence-corrected chi connectivity index (χ0v) is 14.6. The summed E-state index contributed by atoms with van der Waals surface area (Å²) in [6.45, 7) is 1.93. The van der Waals surface area contributed by atoms with Crippen LogP contribution in [0.1, 0.15) is 23.0 Å². The number of hydrogen-bond donors (Lipinski definition) is 1. The Bertz CT molecular complexity index is 676. The van der Waals surface area contributed by atoms with Gasteiger partial charge in [-0.25, -0.2) is 4.79 Å². The molecular formula is C14H14ClN3O3S2. The largest absolute Gasteiger partial charge is 0.461 e. The maximum Gasteiger partial charge on any atom is 0.362 e. The average Bonchev–Trinajstić information content (AvgIpc) is 2.97. The van der Waals surface area contributed by atoms with Gasteiger partial charge in [0, 0.05) is 22.3 Å². The molecule has 0 aliphatic rings. The fraction of sp³-hybridized carbons (Fsp3) is 0.286. The van der Waals surface area contributed by atoms with Crippen LogP contribution >= 0.6 is 34.9 Å². The molecule has 1 aromatic heterocycles. The topological polar surface area (TPSA) is 81.2 Å².